The first kappa shape index (κ1) is 26.5. The van der Waals surface area contributed by atoms with Crippen LogP contribution in [-0.4, -0.2) is 55.4 Å². The second-order valence-corrected chi connectivity index (χ2v) is 12.5. The van der Waals surface area contributed by atoms with Gasteiger partial charge in [0.2, 0.25) is 10.0 Å². The Labute approximate surface area is 221 Å². The van der Waals surface area contributed by atoms with Crippen LogP contribution in [0.1, 0.15) is 19.5 Å². The lowest BCUT2D eigenvalue weighted by atomic mass is 10.1. The monoisotopic (exact) mass is 544 g/mol. The van der Waals surface area contributed by atoms with Crippen molar-refractivity contribution in [2.24, 2.45) is 0 Å². The molecule has 2 heterocycles. The van der Waals surface area contributed by atoms with Gasteiger partial charge in [-0.2, -0.15) is 5.10 Å². The summed E-state index contributed by atoms with van der Waals surface area (Å²) in [7, 11) is 0.168. The number of hydrogen-bond donors (Lipinski definition) is 2. The third kappa shape index (κ3) is 5.88. The van der Waals surface area contributed by atoms with Crippen LogP contribution in [0.4, 0.5) is 0 Å². The largest absolute Gasteiger partial charge is 0.384 e. The molecule has 2 aromatic carbocycles. The number of thiophene rings is 1. The van der Waals surface area contributed by atoms with Crippen molar-refractivity contribution in [1.29, 1.82) is 0 Å². The molecule has 0 saturated heterocycles. The van der Waals surface area contributed by atoms with Crippen molar-refractivity contribution in [1.82, 2.24) is 19.4 Å². The van der Waals surface area contributed by atoms with Gasteiger partial charge in [0.15, 0.2) is 0 Å². The highest BCUT2D eigenvalue weighted by atomic mass is 35.5. The molecular formula is C26H29ClN4O3S2. The Morgan fingerprint density at radius 3 is 2.47 bits per heavy atom. The SMILES string of the molecule is CN(C)CCNS(=O)(=O)c1cccc(-c2ccc(-c3cc(C(C)(C)O)nn3-c3ccccc3Cl)s2)c1. The zero-order chi connectivity index (χ0) is 26.1. The summed E-state index contributed by atoms with van der Waals surface area (Å²) in [6.45, 7) is 4.32. The lowest BCUT2D eigenvalue weighted by molar-refractivity contribution is 0.0734. The molecule has 4 aromatic rings. The van der Waals surface area contributed by atoms with E-state index in [1.165, 1.54) is 11.3 Å². The summed E-state index contributed by atoms with van der Waals surface area (Å²) >= 11 is 7.98. The van der Waals surface area contributed by atoms with E-state index in [9.17, 15) is 13.5 Å². The standard InChI is InChI=1S/C26H29ClN4O3S2/c1-26(2,32)25-17-22(31(29-25)21-11-6-5-10-20(21)27)24-13-12-23(35-24)18-8-7-9-19(16-18)36(33,34)28-14-15-30(3)4/h5-13,16-17,28,32H,14-15H2,1-4H3. The molecule has 0 bridgehead atoms. The van der Waals surface area contributed by atoms with Crippen LogP contribution in [0, 0.1) is 0 Å². The number of aliphatic hydroxyl groups is 1. The number of para-hydroxylation sites is 1. The fraction of sp³-hybridized carbons (Fsp3) is 0.269. The van der Waals surface area contributed by atoms with E-state index >= 15 is 0 Å². The first-order valence-electron chi connectivity index (χ1n) is 11.4. The molecule has 0 atom stereocenters. The van der Waals surface area contributed by atoms with Crippen LogP contribution >= 0.6 is 22.9 Å². The number of hydrogen-bond acceptors (Lipinski definition) is 6. The average Bonchev–Trinajstić information content (AvgIpc) is 3.47. The van der Waals surface area contributed by atoms with Gasteiger partial charge < -0.3 is 10.0 Å². The normalized spacial score (nSPS) is 12.4. The van der Waals surface area contributed by atoms with Crippen LogP contribution < -0.4 is 4.72 Å². The van der Waals surface area contributed by atoms with Crippen molar-refractivity contribution in [2.45, 2.75) is 24.3 Å². The number of benzene rings is 2. The summed E-state index contributed by atoms with van der Waals surface area (Å²) in [5.41, 5.74) is 1.67. The Morgan fingerprint density at radius 2 is 1.78 bits per heavy atom. The van der Waals surface area contributed by atoms with E-state index in [0.717, 1.165) is 21.0 Å². The molecule has 4 rings (SSSR count). The number of likely N-dealkylation sites (N-methyl/N-ethyl adjacent to an activating group) is 1. The molecule has 0 amide bonds. The quantitative estimate of drug-likeness (QED) is 0.310. The van der Waals surface area contributed by atoms with E-state index < -0.39 is 15.6 Å². The fourth-order valence-electron chi connectivity index (χ4n) is 3.60. The maximum Gasteiger partial charge on any atom is 0.240 e. The summed E-state index contributed by atoms with van der Waals surface area (Å²) in [6.07, 6.45) is 0. The number of aromatic nitrogens is 2. The predicted octanol–water partition coefficient (Wildman–Crippen LogP) is 4.99. The Bertz CT molecular complexity index is 1470. The van der Waals surface area contributed by atoms with Gasteiger partial charge in [-0.05, 0) is 76.0 Å². The molecule has 0 aliphatic carbocycles. The molecule has 0 radical (unpaired) electrons. The molecule has 0 fully saturated rings. The molecule has 0 aliphatic heterocycles. The summed E-state index contributed by atoms with van der Waals surface area (Å²) in [6, 6.07) is 20.1. The van der Waals surface area contributed by atoms with E-state index in [4.69, 9.17) is 11.6 Å². The van der Waals surface area contributed by atoms with Crippen molar-refractivity contribution in [3.8, 4) is 26.7 Å². The molecule has 0 aliphatic rings. The van der Waals surface area contributed by atoms with Crippen LogP contribution in [0.3, 0.4) is 0 Å². The van der Waals surface area contributed by atoms with Crippen molar-refractivity contribution < 1.29 is 13.5 Å². The number of nitrogens with zero attached hydrogens (tertiary/aromatic N) is 3. The Hall–Kier alpha value is -2.53. The second-order valence-electron chi connectivity index (χ2n) is 9.23. The topological polar surface area (TPSA) is 87.5 Å². The smallest absolute Gasteiger partial charge is 0.240 e. The molecule has 0 saturated carbocycles. The maximum absolute atomic E-state index is 12.8. The van der Waals surface area contributed by atoms with Crippen molar-refractivity contribution >= 4 is 33.0 Å². The van der Waals surface area contributed by atoms with Gasteiger partial charge in [0, 0.05) is 18.0 Å². The Kier molecular flexibility index (Phi) is 7.70. The molecule has 7 nitrogen and oxygen atoms in total. The van der Waals surface area contributed by atoms with Crippen LogP contribution in [-0.2, 0) is 15.6 Å². The first-order chi connectivity index (χ1) is 17.0. The molecule has 2 N–H and O–H groups in total. The highest BCUT2D eigenvalue weighted by molar-refractivity contribution is 7.89. The number of nitrogens with one attached hydrogen (secondary N) is 1. The zero-order valence-electron chi connectivity index (χ0n) is 20.6. The predicted molar refractivity (Wildman–Crippen MR) is 146 cm³/mol. The van der Waals surface area contributed by atoms with Crippen molar-refractivity contribution in [2.75, 3.05) is 27.2 Å². The van der Waals surface area contributed by atoms with E-state index in [2.05, 4.69) is 9.82 Å². The molecule has 36 heavy (non-hydrogen) atoms. The van der Waals surface area contributed by atoms with Gasteiger partial charge in [0.05, 0.1) is 31.9 Å². The van der Waals surface area contributed by atoms with Gasteiger partial charge in [-0.3, -0.25) is 0 Å². The van der Waals surface area contributed by atoms with Crippen LogP contribution in [0.15, 0.2) is 71.6 Å². The van der Waals surface area contributed by atoms with Gasteiger partial charge in [-0.15, -0.1) is 11.3 Å². The number of halogens is 1. The second kappa shape index (κ2) is 10.5. The molecule has 0 spiro atoms. The third-order valence-electron chi connectivity index (χ3n) is 5.56. The lowest BCUT2D eigenvalue weighted by Gasteiger charge is -2.13. The summed E-state index contributed by atoms with van der Waals surface area (Å²) < 4.78 is 29.9. The van der Waals surface area contributed by atoms with Gasteiger partial charge in [-0.25, -0.2) is 17.8 Å². The first-order valence-corrected chi connectivity index (χ1v) is 14.1. The Morgan fingerprint density at radius 1 is 1.06 bits per heavy atom. The van der Waals surface area contributed by atoms with E-state index in [1.54, 1.807) is 42.8 Å². The van der Waals surface area contributed by atoms with Gasteiger partial charge >= 0.3 is 0 Å². The minimum absolute atomic E-state index is 0.221. The number of rotatable bonds is 9. The maximum atomic E-state index is 12.8. The minimum Gasteiger partial charge on any atom is -0.384 e. The molecule has 10 heteroatoms. The summed E-state index contributed by atoms with van der Waals surface area (Å²) in [4.78, 5) is 3.96. The van der Waals surface area contributed by atoms with E-state index in [0.29, 0.717) is 29.5 Å². The molecule has 2 aromatic heterocycles. The van der Waals surface area contributed by atoms with Crippen LogP contribution in [0.2, 0.25) is 5.02 Å². The van der Waals surface area contributed by atoms with E-state index in [1.807, 2.05) is 61.5 Å². The highest BCUT2D eigenvalue weighted by Gasteiger charge is 2.24. The summed E-state index contributed by atoms with van der Waals surface area (Å²) in [5, 5.41) is 15.8. The third-order valence-corrected chi connectivity index (χ3v) is 8.49. The van der Waals surface area contributed by atoms with Gasteiger partial charge in [0.1, 0.15) is 5.60 Å². The lowest BCUT2D eigenvalue weighted by Crippen LogP contribution is -2.31. The highest BCUT2D eigenvalue weighted by Crippen LogP contribution is 2.38. The molecule has 190 valence electrons. The number of sulfonamides is 1. The van der Waals surface area contributed by atoms with E-state index in [-0.39, 0.29) is 4.90 Å². The zero-order valence-corrected chi connectivity index (χ0v) is 23.0. The molecule has 0 unspecified atom stereocenters. The van der Waals surface area contributed by atoms with Crippen LogP contribution in [0.5, 0.6) is 0 Å². The van der Waals surface area contributed by atoms with Gasteiger partial charge in [0.25, 0.3) is 0 Å². The Balaban J connectivity index is 1.71. The summed E-state index contributed by atoms with van der Waals surface area (Å²) in [5.74, 6) is 0. The van der Waals surface area contributed by atoms with Crippen molar-refractivity contribution in [3.63, 3.8) is 0 Å². The van der Waals surface area contributed by atoms with Crippen LogP contribution in [0.25, 0.3) is 26.7 Å². The fourth-order valence-corrected chi connectivity index (χ4v) is 5.88. The van der Waals surface area contributed by atoms with Gasteiger partial charge in [-0.1, -0.05) is 35.9 Å². The van der Waals surface area contributed by atoms with Crippen molar-refractivity contribution in [3.05, 3.63) is 77.4 Å². The average molecular weight is 545 g/mol. The minimum atomic E-state index is -3.62. The molecular weight excluding hydrogens is 516 g/mol.